The maximum Gasteiger partial charge on any atom is 0.419 e. The van der Waals surface area contributed by atoms with E-state index in [1.807, 2.05) is 0 Å². The molecule has 0 aromatic heterocycles. The van der Waals surface area contributed by atoms with Crippen molar-refractivity contribution in [3.63, 3.8) is 0 Å². The molecule has 1 aliphatic heterocycles. The summed E-state index contributed by atoms with van der Waals surface area (Å²) < 4.78 is 53.9. The number of likely N-dealkylation sites (N-methyl/N-ethyl adjacent to an activating group) is 1. The largest absolute Gasteiger partial charge is 0.419 e. The first-order chi connectivity index (χ1) is 9.72. The van der Waals surface area contributed by atoms with E-state index in [9.17, 15) is 22.4 Å². The SMILES string of the molecule is CN1C[C@H](CF)N[C@](c2ccc(N)cc2)(C(F)(F)F)C1=O. The van der Waals surface area contributed by atoms with Crippen LogP contribution in [0.1, 0.15) is 5.56 Å². The molecule has 1 aromatic carbocycles. The van der Waals surface area contributed by atoms with Crippen LogP contribution in [0.25, 0.3) is 0 Å². The molecule has 0 unspecified atom stereocenters. The Balaban J connectivity index is 2.60. The van der Waals surface area contributed by atoms with Crippen LogP contribution < -0.4 is 11.1 Å². The number of nitrogens with one attached hydrogen (secondary N) is 1. The fourth-order valence-electron chi connectivity index (χ4n) is 2.51. The third-order valence-corrected chi connectivity index (χ3v) is 3.54. The number of nitrogens with two attached hydrogens (primary N) is 1. The average molecular weight is 305 g/mol. The van der Waals surface area contributed by atoms with Gasteiger partial charge in [0.05, 0.1) is 6.04 Å². The van der Waals surface area contributed by atoms with Crippen LogP contribution in [-0.4, -0.2) is 43.3 Å². The number of nitrogens with zero attached hydrogens (tertiary/aromatic N) is 1. The molecule has 1 aromatic rings. The van der Waals surface area contributed by atoms with Crippen molar-refractivity contribution < 1.29 is 22.4 Å². The predicted molar refractivity (Wildman–Crippen MR) is 69.1 cm³/mol. The molecule has 3 N–H and O–H groups in total. The first kappa shape index (κ1) is 15.6. The monoisotopic (exact) mass is 305 g/mol. The van der Waals surface area contributed by atoms with E-state index in [0.29, 0.717) is 0 Å². The van der Waals surface area contributed by atoms with E-state index in [2.05, 4.69) is 5.32 Å². The highest BCUT2D eigenvalue weighted by Gasteiger charge is 2.64. The van der Waals surface area contributed by atoms with Crippen molar-refractivity contribution in [2.45, 2.75) is 17.8 Å². The van der Waals surface area contributed by atoms with Gasteiger partial charge in [-0.1, -0.05) is 12.1 Å². The summed E-state index contributed by atoms with van der Waals surface area (Å²) in [7, 11) is 1.23. The Kier molecular flexibility index (Phi) is 3.83. The number of piperazine rings is 1. The van der Waals surface area contributed by atoms with E-state index in [1.165, 1.54) is 19.2 Å². The Labute approximate surface area is 118 Å². The molecule has 21 heavy (non-hydrogen) atoms. The molecule has 8 heteroatoms. The summed E-state index contributed by atoms with van der Waals surface area (Å²) in [6.45, 7) is -1.13. The van der Waals surface area contributed by atoms with Crippen LogP contribution in [0, 0.1) is 0 Å². The first-order valence-electron chi connectivity index (χ1n) is 6.24. The molecule has 1 amide bonds. The summed E-state index contributed by atoms with van der Waals surface area (Å²) in [5, 5.41) is 2.14. The van der Waals surface area contributed by atoms with Gasteiger partial charge in [0.1, 0.15) is 6.67 Å². The number of carbonyl (C=O) groups excluding carboxylic acids is 1. The molecule has 4 nitrogen and oxygen atoms in total. The van der Waals surface area contributed by atoms with E-state index in [-0.39, 0.29) is 17.8 Å². The second kappa shape index (κ2) is 5.18. The highest BCUT2D eigenvalue weighted by atomic mass is 19.4. The number of rotatable bonds is 2. The van der Waals surface area contributed by atoms with Crippen LogP contribution in [0.2, 0.25) is 0 Å². The number of alkyl halides is 4. The number of anilines is 1. The van der Waals surface area contributed by atoms with Crippen molar-refractivity contribution in [1.82, 2.24) is 10.2 Å². The van der Waals surface area contributed by atoms with E-state index >= 15 is 0 Å². The molecule has 1 fully saturated rings. The average Bonchev–Trinajstić information content (AvgIpc) is 2.41. The van der Waals surface area contributed by atoms with Gasteiger partial charge in [0.2, 0.25) is 5.54 Å². The van der Waals surface area contributed by atoms with Crippen LogP contribution >= 0.6 is 0 Å². The Hall–Kier alpha value is -1.83. The van der Waals surface area contributed by atoms with Crippen molar-refractivity contribution in [2.24, 2.45) is 0 Å². The maximum absolute atomic E-state index is 13.7. The third kappa shape index (κ3) is 2.44. The van der Waals surface area contributed by atoms with Gasteiger partial charge in [0.25, 0.3) is 5.91 Å². The summed E-state index contributed by atoms with van der Waals surface area (Å²) in [5.41, 5.74) is 2.48. The quantitative estimate of drug-likeness (QED) is 0.642. The normalized spacial score (nSPS) is 27.0. The molecule has 2 rings (SSSR count). The van der Waals surface area contributed by atoms with Crippen LogP contribution in [0.5, 0.6) is 0 Å². The Morgan fingerprint density at radius 1 is 1.38 bits per heavy atom. The molecule has 2 atom stereocenters. The number of hydrogen-bond acceptors (Lipinski definition) is 3. The second-order valence-electron chi connectivity index (χ2n) is 5.05. The van der Waals surface area contributed by atoms with E-state index < -0.39 is 30.3 Å². The van der Waals surface area contributed by atoms with Gasteiger partial charge >= 0.3 is 6.18 Å². The van der Waals surface area contributed by atoms with Crippen molar-refractivity contribution >= 4 is 11.6 Å². The van der Waals surface area contributed by atoms with Gasteiger partial charge in [0.15, 0.2) is 0 Å². The molecule has 1 aliphatic rings. The van der Waals surface area contributed by atoms with Crippen molar-refractivity contribution in [2.75, 3.05) is 26.0 Å². The number of amides is 1. The van der Waals surface area contributed by atoms with Crippen molar-refractivity contribution in [3.05, 3.63) is 29.8 Å². The maximum atomic E-state index is 13.7. The Bertz CT molecular complexity index is 531. The number of benzene rings is 1. The summed E-state index contributed by atoms with van der Waals surface area (Å²) in [6, 6.07) is 3.71. The molecule has 0 aliphatic carbocycles. The molecule has 0 bridgehead atoms. The van der Waals surface area contributed by atoms with E-state index in [4.69, 9.17) is 5.73 Å². The lowest BCUT2D eigenvalue weighted by Gasteiger charge is -2.45. The molecule has 0 saturated carbocycles. The zero-order chi connectivity index (χ0) is 15.8. The molecule has 1 heterocycles. The fourth-order valence-corrected chi connectivity index (χ4v) is 2.51. The predicted octanol–water partition coefficient (Wildman–Crippen LogP) is 1.43. The lowest BCUT2D eigenvalue weighted by Crippen LogP contribution is -2.71. The lowest BCUT2D eigenvalue weighted by atomic mass is 9.84. The van der Waals surface area contributed by atoms with Gasteiger partial charge in [-0.2, -0.15) is 13.2 Å². The van der Waals surface area contributed by atoms with Gasteiger partial charge < -0.3 is 10.6 Å². The third-order valence-electron chi connectivity index (χ3n) is 3.54. The van der Waals surface area contributed by atoms with Gasteiger partial charge in [-0.05, 0) is 17.7 Å². The number of hydrogen-bond donors (Lipinski definition) is 2. The topological polar surface area (TPSA) is 58.4 Å². The second-order valence-corrected chi connectivity index (χ2v) is 5.05. The van der Waals surface area contributed by atoms with E-state index in [1.54, 1.807) is 0 Å². The van der Waals surface area contributed by atoms with Crippen LogP contribution in [-0.2, 0) is 10.3 Å². The molecule has 0 spiro atoms. The number of halogens is 4. The lowest BCUT2D eigenvalue weighted by molar-refractivity contribution is -0.216. The van der Waals surface area contributed by atoms with Crippen molar-refractivity contribution in [3.8, 4) is 0 Å². The summed E-state index contributed by atoms with van der Waals surface area (Å²) >= 11 is 0. The van der Waals surface area contributed by atoms with Gasteiger partial charge in [-0.3, -0.25) is 10.1 Å². The Morgan fingerprint density at radius 3 is 2.43 bits per heavy atom. The Morgan fingerprint density at radius 2 is 1.95 bits per heavy atom. The highest BCUT2D eigenvalue weighted by Crippen LogP contribution is 2.42. The van der Waals surface area contributed by atoms with Gasteiger partial charge in [0, 0.05) is 19.3 Å². The van der Waals surface area contributed by atoms with Crippen molar-refractivity contribution in [1.29, 1.82) is 0 Å². The summed E-state index contributed by atoms with van der Waals surface area (Å²) in [4.78, 5) is 13.1. The van der Waals surface area contributed by atoms with Gasteiger partial charge in [-0.15, -0.1) is 0 Å². The van der Waals surface area contributed by atoms with Crippen LogP contribution in [0.15, 0.2) is 24.3 Å². The molecule has 1 saturated heterocycles. The zero-order valence-electron chi connectivity index (χ0n) is 11.2. The van der Waals surface area contributed by atoms with E-state index in [0.717, 1.165) is 17.0 Å². The highest BCUT2D eigenvalue weighted by molar-refractivity contribution is 5.89. The minimum atomic E-state index is -4.91. The molecular weight excluding hydrogens is 290 g/mol. The molecule has 116 valence electrons. The standard InChI is InChI=1S/C13H15F4N3O/c1-20-7-10(6-14)19-12(11(20)21,13(15,16)17)8-2-4-9(18)5-3-8/h2-5,10,19H,6-7,18H2,1H3/t10-,12-/m0/s1. The van der Waals surface area contributed by atoms with Crippen LogP contribution in [0.4, 0.5) is 23.2 Å². The number of carbonyl (C=O) groups is 1. The first-order valence-corrected chi connectivity index (χ1v) is 6.24. The smallest absolute Gasteiger partial charge is 0.399 e. The van der Waals surface area contributed by atoms with Gasteiger partial charge in [-0.25, -0.2) is 4.39 Å². The molecular formula is C13H15F4N3O. The summed E-state index contributed by atoms with van der Waals surface area (Å²) in [6.07, 6.45) is -4.91. The summed E-state index contributed by atoms with van der Waals surface area (Å²) in [5.74, 6) is -1.16. The minimum absolute atomic E-state index is 0.123. The molecule has 0 radical (unpaired) electrons. The number of nitrogen functional groups attached to an aromatic ring is 1. The van der Waals surface area contributed by atoms with Crippen LogP contribution in [0.3, 0.4) is 0 Å². The fraction of sp³-hybridized carbons (Fsp3) is 0.462. The minimum Gasteiger partial charge on any atom is -0.399 e. The zero-order valence-corrected chi connectivity index (χ0v) is 11.2.